The van der Waals surface area contributed by atoms with Gasteiger partial charge in [0.2, 0.25) is 5.91 Å². The van der Waals surface area contributed by atoms with E-state index in [1.165, 1.54) is 0 Å². The molecule has 0 aliphatic carbocycles. The molecule has 0 bridgehead atoms. The van der Waals surface area contributed by atoms with E-state index in [0.29, 0.717) is 18.7 Å². The number of carbonyl (C=O) groups excluding carboxylic acids is 1. The fraction of sp³-hybridized carbons (Fsp3) is 0.188. The fourth-order valence-electron chi connectivity index (χ4n) is 1.98. The predicted molar refractivity (Wildman–Crippen MR) is 88.8 cm³/mol. The van der Waals surface area contributed by atoms with Crippen molar-refractivity contribution in [2.24, 2.45) is 0 Å². The van der Waals surface area contributed by atoms with Crippen LogP contribution in [0.3, 0.4) is 0 Å². The first-order chi connectivity index (χ1) is 10.9. The van der Waals surface area contributed by atoms with Crippen LogP contribution in [0, 0.1) is 0 Å². The molecule has 0 aromatic heterocycles. The zero-order chi connectivity index (χ0) is 16.7. The van der Waals surface area contributed by atoms with E-state index < -0.39 is 19.7 Å². The molecular weight excluding hydrogens is 395 g/mol. The smallest absolute Gasteiger partial charge is 1.00 e. The molecule has 0 saturated heterocycles. The van der Waals surface area contributed by atoms with E-state index in [2.05, 4.69) is 5.32 Å². The van der Waals surface area contributed by atoms with E-state index >= 15 is 0 Å². The van der Waals surface area contributed by atoms with E-state index in [1.807, 2.05) is 54.6 Å². The van der Waals surface area contributed by atoms with Crippen LogP contribution in [0.2, 0.25) is 0 Å². The van der Waals surface area contributed by atoms with Crippen molar-refractivity contribution in [1.29, 1.82) is 0 Å². The van der Waals surface area contributed by atoms with Crippen LogP contribution in [-0.2, 0) is 15.8 Å². The first-order valence-corrected chi connectivity index (χ1v) is 8.85. The Morgan fingerprint density at radius 1 is 1.04 bits per heavy atom. The van der Waals surface area contributed by atoms with Gasteiger partial charge in [-0.1, -0.05) is 30.3 Å². The summed E-state index contributed by atoms with van der Waals surface area (Å²) in [6, 6.07) is 16.8. The van der Waals surface area contributed by atoms with Crippen molar-refractivity contribution in [3.05, 3.63) is 60.2 Å². The molecule has 3 N–H and O–H groups in total. The van der Waals surface area contributed by atoms with Crippen LogP contribution >= 0.6 is 7.60 Å². The molecule has 0 atom stereocenters. The first kappa shape index (κ1) is 26.1. The largest absolute Gasteiger partial charge is 1.00 e. The van der Waals surface area contributed by atoms with Crippen molar-refractivity contribution in [3.8, 4) is 11.5 Å². The minimum Gasteiger partial charge on any atom is -1.00 e. The second kappa shape index (κ2) is 13.3. The number of carbonyl (C=O) groups is 1. The van der Waals surface area contributed by atoms with Crippen molar-refractivity contribution >= 4 is 13.5 Å². The van der Waals surface area contributed by atoms with E-state index in [0.717, 1.165) is 11.3 Å². The summed E-state index contributed by atoms with van der Waals surface area (Å²) in [6.07, 6.45) is -0.247. The van der Waals surface area contributed by atoms with Gasteiger partial charge in [-0.3, -0.25) is 9.36 Å². The SMILES string of the molecule is O=C(CP(=O)(O)O)NCCc1cccc(Oc2ccccc2)c1.[H-].[H-].[K+].[K+]. The van der Waals surface area contributed by atoms with Crippen LogP contribution in [-0.4, -0.2) is 28.4 Å². The maximum Gasteiger partial charge on any atom is 1.00 e. The van der Waals surface area contributed by atoms with Gasteiger partial charge >= 0.3 is 110 Å². The molecule has 25 heavy (non-hydrogen) atoms. The molecule has 0 aliphatic rings. The Morgan fingerprint density at radius 3 is 2.32 bits per heavy atom. The molecule has 0 saturated carbocycles. The van der Waals surface area contributed by atoms with Crippen LogP contribution in [0.4, 0.5) is 0 Å². The third kappa shape index (κ3) is 11.5. The van der Waals surface area contributed by atoms with Crippen LogP contribution in [0.1, 0.15) is 8.42 Å². The van der Waals surface area contributed by atoms with Gasteiger partial charge in [-0.15, -0.1) is 0 Å². The van der Waals surface area contributed by atoms with Gasteiger partial charge in [0.15, 0.2) is 0 Å². The number of hydrogen-bond donors (Lipinski definition) is 3. The Balaban J connectivity index is -0.00000144. The summed E-state index contributed by atoms with van der Waals surface area (Å²) in [5, 5.41) is 2.48. The number of ether oxygens (including phenoxy) is 1. The summed E-state index contributed by atoms with van der Waals surface area (Å²) in [5.41, 5.74) is 0.954. The Kier molecular flexibility index (Phi) is 13.9. The predicted octanol–water partition coefficient (Wildman–Crippen LogP) is -3.45. The van der Waals surface area contributed by atoms with Crippen LogP contribution in [0.25, 0.3) is 0 Å². The molecule has 0 radical (unpaired) electrons. The number of benzene rings is 2. The topological polar surface area (TPSA) is 95.9 Å². The van der Waals surface area contributed by atoms with Gasteiger partial charge in [0.05, 0.1) is 0 Å². The molecule has 0 heterocycles. The van der Waals surface area contributed by atoms with Gasteiger partial charge < -0.3 is 22.7 Å². The first-order valence-electron chi connectivity index (χ1n) is 7.05. The van der Waals surface area contributed by atoms with Crippen LogP contribution in [0.5, 0.6) is 11.5 Å². The van der Waals surface area contributed by atoms with Crippen LogP contribution < -0.4 is 113 Å². The molecule has 2 aromatic carbocycles. The van der Waals surface area contributed by atoms with E-state index in [9.17, 15) is 9.36 Å². The number of rotatable bonds is 7. The van der Waals surface area contributed by atoms with E-state index in [-0.39, 0.29) is 106 Å². The zero-order valence-electron chi connectivity index (χ0n) is 16.4. The van der Waals surface area contributed by atoms with E-state index in [1.54, 1.807) is 0 Å². The monoisotopic (exact) mass is 415 g/mol. The molecule has 2 aromatic rings. The van der Waals surface area contributed by atoms with Gasteiger partial charge in [0.25, 0.3) is 0 Å². The van der Waals surface area contributed by atoms with Gasteiger partial charge in [-0.25, -0.2) is 0 Å². The van der Waals surface area contributed by atoms with Gasteiger partial charge in [-0.05, 0) is 36.2 Å². The van der Waals surface area contributed by atoms with Crippen LogP contribution in [0.15, 0.2) is 54.6 Å². The minimum absolute atomic E-state index is 0. The summed E-state index contributed by atoms with van der Waals surface area (Å²) in [6.45, 7) is 0.299. The fourth-order valence-corrected chi connectivity index (χ4v) is 2.46. The molecule has 1 amide bonds. The summed E-state index contributed by atoms with van der Waals surface area (Å²) >= 11 is 0. The molecule has 6 nitrogen and oxygen atoms in total. The molecule has 0 spiro atoms. The number of hydrogen-bond acceptors (Lipinski definition) is 3. The average Bonchev–Trinajstić information content (AvgIpc) is 2.47. The summed E-state index contributed by atoms with van der Waals surface area (Å²) < 4.78 is 16.4. The maximum absolute atomic E-state index is 11.3. The van der Waals surface area contributed by atoms with Crippen molar-refractivity contribution in [2.45, 2.75) is 6.42 Å². The molecule has 0 aliphatic heterocycles. The Morgan fingerprint density at radius 2 is 1.68 bits per heavy atom. The van der Waals surface area contributed by atoms with Crippen molar-refractivity contribution in [1.82, 2.24) is 5.32 Å². The standard InChI is InChI=1S/C16H18NO5P.2K.2H/c18-16(12-23(19,20)21)17-10-9-13-5-4-8-15(11-13)22-14-6-2-1-3-7-14;;;;/h1-8,11H,9-10,12H2,(H,17,18)(H2,19,20,21);;;;/q;2*+1;2*-1. The number of para-hydroxylation sites is 1. The third-order valence-electron chi connectivity index (χ3n) is 2.96. The van der Waals surface area contributed by atoms with Crippen molar-refractivity contribution in [3.63, 3.8) is 0 Å². The molecule has 2 rings (SSSR count). The maximum atomic E-state index is 11.3. The number of nitrogens with one attached hydrogen (secondary N) is 1. The second-order valence-electron chi connectivity index (χ2n) is 4.99. The second-order valence-corrected chi connectivity index (χ2v) is 6.63. The van der Waals surface area contributed by atoms with Crippen molar-refractivity contribution < 1.29 is 130 Å². The molecule has 0 fully saturated rings. The van der Waals surface area contributed by atoms with Crippen molar-refractivity contribution in [2.75, 3.05) is 12.7 Å². The summed E-state index contributed by atoms with van der Waals surface area (Å²) in [5.74, 6) is 0.768. The van der Waals surface area contributed by atoms with Gasteiger partial charge in [-0.2, -0.15) is 0 Å². The quantitative estimate of drug-likeness (QED) is 0.323. The number of amides is 1. The summed E-state index contributed by atoms with van der Waals surface area (Å²) in [7, 11) is -4.31. The van der Waals surface area contributed by atoms with E-state index in [4.69, 9.17) is 14.5 Å². The summed E-state index contributed by atoms with van der Waals surface area (Å²) in [4.78, 5) is 28.8. The molecule has 9 heteroatoms. The average molecular weight is 416 g/mol. The minimum atomic E-state index is -4.31. The molecular formula is C16H20K2NO5P. The normalized spacial score (nSPS) is 10.2. The Hall–Kier alpha value is 1.13. The zero-order valence-corrected chi connectivity index (χ0v) is 21.5. The Bertz CT molecular complexity index is 719. The molecule has 0 unspecified atom stereocenters. The van der Waals surface area contributed by atoms with Gasteiger partial charge in [0.1, 0.15) is 17.7 Å². The van der Waals surface area contributed by atoms with Gasteiger partial charge in [0, 0.05) is 6.54 Å². The Labute approximate surface area is 235 Å². The molecule has 126 valence electrons. The third-order valence-corrected chi connectivity index (χ3v) is 3.66.